The van der Waals surface area contributed by atoms with Gasteiger partial charge in [-0.25, -0.2) is 4.79 Å². The van der Waals surface area contributed by atoms with Gasteiger partial charge in [-0.05, 0) is 50.3 Å². The number of ketones is 1. The van der Waals surface area contributed by atoms with E-state index in [1.165, 1.54) is 6.08 Å². The molecule has 160 valence electrons. The van der Waals surface area contributed by atoms with Crippen molar-refractivity contribution in [2.75, 3.05) is 6.61 Å². The molecule has 0 atom stereocenters. The van der Waals surface area contributed by atoms with Crippen LogP contribution in [0.4, 0.5) is 0 Å². The lowest BCUT2D eigenvalue weighted by Crippen LogP contribution is -2.10. The second-order valence-electron chi connectivity index (χ2n) is 7.12. The number of carbonyl (C=O) groups excluding carboxylic acids is 2. The Morgan fingerprint density at radius 1 is 0.969 bits per heavy atom. The molecule has 0 fully saturated rings. The number of allylic oxidation sites excluding steroid dienone is 1. The van der Waals surface area contributed by atoms with Crippen LogP contribution in [0.25, 0.3) is 17.0 Å². The predicted octanol–water partition coefficient (Wildman–Crippen LogP) is 6.26. The number of benzene rings is 3. The van der Waals surface area contributed by atoms with Crippen molar-refractivity contribution < 1.29 is 23.5 Å². The fourth-order valence-corrected chi connectivity index (χ4v) is 3.44. The van der Waals surface area contributed by atoms with Gasteiger partial charge in [0.05, 0.1) is 6.61 Å². The van der Waals surface area contributed by atoms with E-state index >= 15 is 0 Å². The average Bonchev–Trinajstić information content (AvgIpc) is 3.14. The Morgan fingerprint density at radius 2 is 1.72 bits per heavy atom. The summed E-state index contributed by atoms with van der Waals surface area (Å²) in [7, 11) is 0. The van der Waals surface area contributed by atoms with E-state index in [4.69, 9.17) is 13.9 Å². The second-order valence-corrected chi connectivity index (χ2v) is 7.12. The van der Waals surface area contributed by atoms with Gasteiger partial charge in [-0.3, -0.25) is 4.79 Å². The van der Waals surface area contributed by atoms with Crippen LogP contribution < -0.4 is 9.47 Å². The summed E-state index contributed by atoms with van der Waals surface area (Å²) >= 11 is 0. The van der Waals surface area contributed by atoms with Crippen LogP contribution in [0.2, 0.25) is 0 Å². The molecule has 0 aliphatic rings. The third-order valence-corrected chi connectivity index (χ3v) is 4.94. The van der Waals surface area contributed by atoms with Gasteiger partial charge >= 0.3 is 5.97 Å². The predicted molar refractivity (Wildman–Crippen MR) is 123 cm³/mol. The molecule has 1 aromatic heterocycles. The number of carbonyl (C=O) groups is 2. The molecule has 0 bridgehead atoms. The van der Waals surface area contributed by atoms with E-state index in [0.717, 1.165) is 0 Å². The zero-order valence-electron chi connectivity index (χ0n) is 17.8. The summed E-state index contributed by atoms with van der Waals surface area (Å²) in [6, 6.07) is 21.4. The molecule has 0 N–H and O–H groups in total. The molecule has 4 aromatic rings. The zero-order chi connectivity index (χ0) is 22.5. The lowest BCUT2D eigenvalue weighted by atomic mass is 10.1. The van der Waals surface area contributed by atoms with Crippen LogP contribution in [0.3, 0.4) is 0 Å². The molecule has 1 heterocycles. The Morgan fingerprint density at radius 3 is 2.50 bits per heavy atom. The first-order valence-corrected chi connectivity index (χ1v) is 10.3. The lowest BCUT2D eigenvalue weighted by molar-refractivity contribution is 0.0734. The van der Waals surface area contributed by atoms with Gasteiger partial charge in [-0.2, -0.15) is 0 Å². The van der Waals surface area contributed by atoms with E-state index in [1.807, 2.05) is 31.2 Å². The number of rotatable bonds is 7. The number of ether oxygens (including phenoxy) is 2. The molecule has 0 amide bonds. The number of hydrogen-bond acceptors (Lipinski definition) is 5. The Kier molecular flexibility index (Phi) is 6.17. The second kappa shape index (κ2) is 9.35. The Hall–Kier alpha value is -4.12. The highest BCUT2D eigenvalue weighted by molar-refractivity contribution is 6.07. The molecule has 5 nitrogen and oxygen atoms in total. The molecule has 0 spiro atoms. The normalized spacial score (nSPS) is 11.1. The van der Waals surface area contributed by atoms with Crippen molar-refractivity contribution in [3.63, 3.8) is 0 Å². The highest BCUT2D eigenvalue weighted by Gasteiger charge is 2.21. The van der Waals surface area contributed by atoms with Crippen molar-refractivity contribution >= 4 is 28.8 Å². The molecule has 0 aliphatic carbocycles. The van der Waals surface area contributed by atoms with Gasteiger partial charge in [-0.1, -0.05) is 48.5 Å². The van der Waals surface area contributed by atoms with Gasteiger partial charge in [0.25, 0.3) is 0 Å². The number of fused-ring (bicyclic) bond motifs is 1. The van der Waals surface area contributed by atoms with Crippen LogP contribution in [0.15, 0.2) is 83.3 Å². The fourth-order valence-electron chi connectivity index (χ4n) is 3.44. The van der Waals surface area contributed by atoms with Gasteiger partial charge in [0.15, 0.2) is 5.78 Å². The lowest BCUT2D eigenvalue weighted by Gasteiger charge is -2.08. The largest absolute Gasteiger partial charge is 0.494 e. The summed E-state index contributed by atoms with van der Waals surface area (Å²) in [4.78, 5) is 25.5. The Labute approximate surface area is 185 Å². The first kappa shape index (κ1) is 21.1. The summed E-state index contributed by atoms with van der Waals surface area (Å²) in [5.74, 6) is 0.796. The molecule has 32 heavy (non-hydrogen) atoms. The van der Waals surface area contributed by atoms with E-state index < -0.39 is 5.97 Å². The summed E-state index contributed by atoms with van der Waals surface area (Å²) in [5.41, 5.74) is 2.13. The molecule has 0 saturated carbocycles. The monoisotopic (exact) mass is 426 g/mol. The standard InChI is InChI=1S/C27H22O5/c1-3-30-21-14-16-25-22(17-21)26(18(2)31-25)27(29)32-24-12-8-7-11-20(24)13-15-23(28)19-9-5-4-6-10-19/h4-17H,3H2,1-2H3/b15-13+. The molecular weight excluding hydrogens is 404 g/mol. The SMILES string of the molecule is CCOc1ccc2oc(C)c(C(=O)Oc3ccccc3/C=C/C(=O)c3ccccc3)c2c1. The van der Waals surface area contributed by atoms with Crippen molar-refractivity contribution in [2.45, 2.75) is 13.8 Å². The van der Waals surface area contributed by atoms with Crippen molar-refractivity contribution in [1.82, 2.24) is 0 Å². The number of para-hydroxylation sites is 1. The van der Waals surface area contributed by atoms with Crippen molar-refractivity contribution in [3.8, 4) is 11.5 Å². The number of hydrogen-bond donors (Lipinski definition) is 0. The topological polar surface area (TPSA) is 65.7 Å². The highest BCUT2D eigenvalue weighted by Crippen LogP contribution is 2.31. The number of aryl methyl sites for hydroxylation is 1. The molecule has 3 aromatic carbocycles. The number of furan rings is 1. The third kappa shape index (κ3) is 4.47. The summed E-state index contributed by atoms with van der Waals surface area (Å²) in [5, 5.41) is 0.630. The quantitative estimate of drug-likeness (QED) is 0.151. The van der Waals surface area contributed by atoms with Crippen LogP contribution in [0.1, 0.15) is 39.0 Å². The van der Waals surface area contributed by atoms with Crippen molar-refractivity contribution in [2.24, 2.45) is 0 Å². The highest BCUT2D eigenvalue weighted by atomic mass is 16.5. The van der Waals surface area contributed by atoms with E-state index in [0.29, 0.717) is 51.5 Å². The van der Waals surface area contributed by atoms with E-state index in [1.54, 1.807) is 61.5 Å². The van der Waals surface area contributed by atoms with Crippen LogP contribution >= 0.6 is 0 Å². The van der Waals surface area contributed by atoms with E-state index in [-0.39, 0.29) is 5.78 Å². The minimum absolute atomic E-state index is 0.133. The Bertz CT molecular complexity index is 1300. The first-order chi connectivity index (χ1) is 15.6. The molecule has 5 heteroatoms. The summed E-state index contributed by atoms with van der Waals surface area (Å²) < 4.78 is 17.0. The van der Waals surface area contributed by atoms with Gasteiger partial charge in [0.1, 0.15) is 28.4 Å². The minimum atomic E-state index is -0.537. The molecule has 0 radical (unpaired) electrons. The molecular formula is C27H22O5. The molecule has 4 rings (SSSR count). The van der Waals surface area contributed by atoms with Crippen molar-refractivity contribution in [1.29, 1.82) is 0 Å². The van der Waals surface area contributed by atoms with Crippen LogP contribution in [0.5, 0.6) is 11.5 Å². The van der Waals surface area contributed by atoms with E-state index in [2.05, 4.69) is 0 Å². The third-order valence-electron chi connectivity index (χ3n) is 4.94. The molecule has 0 aliphatic heterocycles. The van der Waals surface area contributed by atoms with Crippen LogP contribution in [-0.4, -0.2) is 18.4 Å². The average molecular weight is 426 g/mol. The maximum atomic E-state index is 13.1. The van der Waals surface area contributed by atoms with Gasteiger partial charge in [0, 0.05) is 16.5 Å². The molecule has 0 saturated heterocycles. The summed E-state index contributed by atoms with van der Waals surface area (Å²) in [6.45, 7) is 4.14. The fraction of sp³-hybridized carbons (Fsp3) is 0.111. The maximum Gasteiger partial charge on any atom is 0.347 e. The van der Waals surface area contributed by atoms with E-state index in [9.17, 15) is 9.59 Å². The van der Waals surface area contributed by atoms with Gasteiger partial charge < -0.3 is 13.9 Å². The van der Waals surface area contributed by atoms with Crippen LogP contribution in [-0.2, 0) is 0 Å². The summed E-state index contributed by atoms with van der Waals surface area (Å²) in [6.07, 6.45) is 3.11. The Balaban J connectivity index is 1.61. The van der Waals surface area contributed by atoms with Gasteiger partial charge in [-0.15, -0.1) is 0 Å². The zero-order valence-corrected chi connectivity index (χ0v) is 17.8. The van der Waals surface area contributed by atoms with Crippen molar-refractivity contribution in [3.05, 3.63) is 101 Å². The van der Waals surface area contributed by atoms with Gasteiger partial charge in [0.2, 0.25) is 0 Å². The molecule has 0 unspecified atom stereocenters. The van der Waals surface area contributed by atoms with Crippen LogP contribution in [0, 0.1) is 6.92 Å². The maximum absolute atomic E-state index is 13.1. The number of esters is 1. The smallest absolute Gasteiger partial charge is 0.347 e. The minimum Gasteiger partial charge on any atom is -0.494 e. The first-order valence-electron chi connectivity index (χ1n) is 10.3.